The topological polar surface area (TPSA) is 74.3 Å². The molecule has 2 aromatic carbocycles. The zero-order valence-electron chi connectivity index (χ0n) is 19.1. The van der Waals surface area contributed by atoms with Crippen LogP contribution in [0.5, 0.6) is 17.2 Å². The first kappa shape index (κ1) is 23.2. The predicted molar refractivity (Wildman–Crippen MR) is 120 cm³/mol. The minimum absolute atomic E-state index is 0.0896. The highest BCUT2D eigenvalue weighted by molar-refractivity contribution is 5.96. The number of esters is 1. The summed E-state index contributed by atoms with van der Waals surface area (Å²) in [6.07, 6.45) is 0.110. The highest BCUT2D eigenvalue weighted by atomic mass is 16.5. The molecule has 7 nitrogen and oxygen atoms in total. The van der Waals surface area contributed by atoms with Gasteiger partial charge in [0.25, 0.3) is 0 Å². The smallest absolute Gasteiger partial charge is 0.336 e. The Labute approximate surface area is 188 Å². The first-order valence-corrected chi connectivity index (χ1v) is 10.5. The monoisotopic (exact) mass is 439 g/mol. The second-order valence-electron chi connectivity index (χ2n) is 7.39. The van der Waals surface area contributed by atoms with Crippen LogP contribution in [0.2, 0.25) is 0 Å². The van der Waals surface area contributed by atoms with Crippen LogP contribution in [-0.2, 0) is 20.9 Å². The minimum Gasteiger partial charge on any atom is -0.497 e. The third-order valence-electron chi connectivity index (χ3n) is 5.60. The van der Waals surface area contributed by atoms with Crippen LogP contribution in [-0.4, -0.2) is 44.7 Å². The molecule has 2 aromatic rings. The lowest BCUT2D eigenvalue weighted by molar-refractivity contribution is -0.140. The molecule has 1 aliphatic rings. The van der Waals surface area contributed by atoms with Gasteiger partial charge < -0.3 is 23.8 Å². The molecular weight excluding hydrogens is 410 g/mol. The number of para-hydroxylation sites is 1. The number of nitrogens with zero attached hydrogens (tertiary/aromatic N) is 1. The number of ether oxygens (including phenoxy) is 4. The Bertz CT molecular complexity index is 1030. The van der Waals surface area contributed by atoms with Crippen LogP contribution in [0.15, 0.2) is 53.7 Å². The van der Waals surface area contributed by atoms with E-state index in [9.17, 15) is 9.59 Å². The van der Waals surface area contributed by atoms with Crippen molar-refractivity contribution >= 4 is 11.9 Å². The SMILES string of the molecule is CCOC(=O)C1=C(C)N(Cc2cccc(OC)c2)C(=O)CC1c1cccc(OC)c1OC. The van der Waals surface area contributed by atoms with Crippen LogP contribution in [0.25, 0.3) is 0 Å². The van der Waals surface area contributed by atoms with Crippen molar-refractivity contribution in [2.24, 2.45) is 0 Å². The Balaban J connectivity index is 2.09. The van der Waals surface area contributed by atoms with Crippen LogP contribution in [0.4, 0.5) is 0 Å². The number of amides is 1. The molecule has 170 valence electrons. The second-order valence-corrected chi connectivity index (χ2v) is 7.39. The summed E-state index contributed by atoms with van der Waals surface area (Å²) in [5.74, 6) is 0.711. The van der Waals surface area contributed by atoms with Crippen molar-refractivity contribution in [3.63, 3.8) is 0 Å². The van der Waals surface area contributed by atoms with E-state index in [1.807, 2.05) is 36.4 Å². The maximum atomic E-state index is 13.3. The molecule has 1 atom stereocenters. The van der Waals surface area contributed by atoms with Crippen molar-refractivity contribution in [1.29, 1.82) is 0 Å². The third kappa shape index (κ3) is 4.56. The van der Waals surface area contributed by atoms with E-state index in [0.29, 0.717) is 40.6 Å². The van der Waals surface area contributed by atoms with Crippen LogP contribution in [0.1, 0.15) is 37.3 Å². The molecule has 7 heteroatoms. The average molecular weight is 440 g/mol. The summed E-state index contributed by atoms with van der Waals surface area (Å²) >= 11 is 0. The van der Waals surface area contributed by atoms with Gasteiger partial charge in [0.05, 0.1) is 40.1 Å². The first-order valence-electron chi connectivity index (χ1n) is 10.5. The van der Waals surface area contributed by atoms with E-state index in [0.717, 1.165) is 5.56 Å². The average Bonchev–Trinajstić information content (AvgIpc) is 2.80. The second kappa shape index (κ2) is 10.2. The van der Waals surface area contributed by atoms with Crippen LogP contribution in [0, 0.1) is 0 Å². The van der Waals surface area contributed by atoms with Crippen LogP contribution in [0.3, 0.4) is 0 Å². The molecule has 0 N–H and O–H groups in total. The van der Waals surface area contributed by atoms with E-state index in [-0.39, 0.29) is 18.9 Å². The summed E-state index contributed by atoms with van der Waals surface area (Å²) in [5.41, 5.74) is 2.62. The maximum Gasteiger partial charge on any atom is 0.336 e. The van der Waals surface area contributed by atoms with Gasteiger partial charge in [0, 0.05) is 23.6 Å². The van der Waals surface area contributed by atoms with Crippen LogP contribution < -0.4 is 14.2 Å². The highest BCUT2D eigenvalue weighted by Crippen LogP contribution is 2.44. The lowest BCUT2D eigenvalue weighted by Crippen LogP contribution is -2.38. The molecule has 0 aromatic heterocycles. The van der Waals surface area contributed by atoms with Gasteiger partial charge in [-0.15, -0.1) is 0 Å². The maximum absolute atomic E-state index is 13.3. The van der Waals surface area contributed by atoms with Gasteiger partial charge in [-0.3, -0.25) is 4.79 Å². The van der Waals surface area contributed by atoms with Crippen molar-refractivity contribution in [2.45, 2.75) is 32.7 Å². The first-order chi connectivity index (χ1) is 15.4. The van der Waals surface area contributed by atoms with Crippen molar-refractivity contribution in [3.05, 3.63) is 64.9 Å². The number of hydrogen-bond acceptors (Lipinski definition) is 6. The van der Waals surface area contributed by atoms with Gasteiger partial charge in [0.2, 0.25) is 5.91 Å². The number of hydrogen-bond donors (Lipinski definition) is 0. The van der Waals surface area contributed by atoms with E-state index in [1.165, 1.54) is 0 Å². The number of carbonyl (C=O) groups excluding carboxylic acids is 2. The summed E-state index contributed by atoms with van der Waals surface area (Å²) < 4.78 is 21.7. The van der Waals surface area contributed by atoms with Crippen molar-refractivity contribution < 1.29 is 28.5 Å². The molecule has 0 bridgehead atoms. The van der Waals surface area contributed by atoms with Gasteiger partial charge in [-0.25, -0.2) is 4.79 Å². The molecule has 1 amide bonds. The van der Waals surface area contributed by atoms with Gasteiger partial charge in [0.15, 0.2) is 11.5 Å². The Morgan fingerprint density at radius 3 is 2.47 bits per heavy atom. The Morgan fingerprint density at radius 1 is 1.06 bits per heavy atom. The summed E-state index contributed by atoms with van der Waals surface area (Å²) in [4.78, 5) is 27.9. The van der Waals surface area contributed by atoms with E-state index < -0.39 is 11.9 Å². The van der Waals surface area contributed by atoms with Crippen molar-refractivity contribution in [3.8, 4) is 17.2 Å². The summed E-state index contributed by atoms with van der Waals surface area (Å²) in [6, 6.07) is 13.0. The fraction of sp³-hybridized carbons (Fsp3) is 0.360. The number of methoxy groups -OCH3 is 3. The summed E-state index contributed by atoms with van der Waals surface area (Å²) in [6.45, 7) is 4.11. The summed E-state index contributed by atoms with van der Waals surface area (Å²) in [5, 5.41) is 0. The molecule has 32 heavy (non-hydrogen) atoms. The van der Waals surface area contributed by atoms with E-state index >= 15 is 0 Å². The Morgan fingerprint density at radius 2 is 1.81 bits per heavy atom. The molecule has 0 saturated carbocycles. The zero-order valence-corrected chi connectivity index (χ0v) is 19.1. The standard InChI is InChI=1S/C25H29NO6/c1-6-32-25(28)23-16(2)26(15-17-9-7-10-18(13-17)29-3)22(27)14-20(23)19-11-8-12-21(30-4)24(19)31-5/h7-13,20H,6,14-15H2,1-5H3. The zero-order chi connectivity index (χ0) is 23.3. The van der Waals surface area contributed by atoms with Crippen molar-refractivity contribution in [2.75, 3.05) is 27.9 Å². The number of carbonyl (C=O) groups is 2. The molecule has 0 spiro atoms. The van der Waals surface area contributed by atoms with Crippen molar-refractivity contribution in [1.82, 2.24) is 4.90 Å². The van der Waals surface area contributed by atoms with E-state index in [1.54, 1.807) is 46.1 Å². The molecule has 1 heterocycles. The molecule has 1 aliphatic heterocycles. The fourth-order valence-corrected chi connectivity index (χ4v) is 4.08. The number of rotatable bonds is 8. The predicted octanol–water partition coefficient (Wildman–Crippen LogP) is 4.07. The molecule has 0 aliphatic carbocycles. The Hall–Kier alpha value is -3.48. The molecule has 0 radical (unpaired) electrons. The quantitative estimate of drug-likeness (QED) is 0.578. The largest absolute Gasteiger partial charge is 0.497 e. The van der Waals surface area contributed by atoms with Gasteiger partial charge >= 0.3 is 5.97 Å². The van der Waals surface area contributed by atoms with Gasteiger partial charge in [0.1, 0.15) is 5.75 Å². The van der Waals surface area contributed by atoms with Gasteiger partial charge in [-0.05, 0) is 37.6 Å². The fourth-order valence-electron chi connectivity index (χ4n) is 4.08. The normalized spacial score (nSPS) is 16.1. The van der Waals surface area contributed by atoms with Gasteiger partial charge in [-0.2, -0.15) is 0 Å². The summed E-state index contributed by atoms with van der Waals surface area (Å²) in [7, 11) is 4.69. The van der Waals surface area contributed by atoms with E-state index in [4.69, 9.17) is 18.9 Å². The van der Waals surface area contributed by atoms with Crippen LogP contribution >= 0.6 is 0 Å². The highest BCUT2D eigenvalue weighted by Gasteiger charge is 2.38. The number of benzene rings is 2. The molecular formula is C25H29NO6. The third-order valence-corrected chi connectivity index (χ3v) is 5.60. The minimum atomic E-state index is -0.506. The number of allylic oxidation sites excluding steroid dienone is 1. The lowest BCUT2D eigenvalue weighted by Gasteiger charge is -2.35. The molecule has 3 rings (SSSR count). The molecule has 0 saturated heterocycles. The van der Waals surface area contributed by atoms with Gasteiger partial charge in [-0.1, -0.05) is 24.3 Å². The molecule has 0 fully saturated rings. The molecule has 1 unspecified atom stereocenters. The Kier molecular flexibility index (Phi) is 7.41. The lowest BCUT2D eigenvalue weighted by atomic mass is 9.83. The van der Waals surface area contributed by atoms with E-state index in [2.05, 4.69) is 0 Å².